The summed E-state index contributed by atoms with van der Waals surface area (Å²) in [5.41, 5.74) is 4.03. The van der Waals surface area contributed by atoms with Crippen molar-refractivity contribution in [2.24, 2.45) is 0 Å². The van der Waals surface area contributed by atoms with Crippen LogP contribution in [-0.2, 0) is 16.4 Å². The van der Waals surface area contributed by atoms with Crippen LogP contribution in [0.2, 0.25) is 0 Å². The molecule has 0 aromatic heterocycles. The SMILES string of the molecule is Cc1ccc(S(=O)(=O)N2CCCCc3c2ccc(C)c3C#N)cc1. The molecule has 0 radical (unpaired) electrons. The number of benzene rings is 2. The van der Waals surface area contributed by atoms with Gasteiger partial charge in [0.15, 0.2) is 0 Å². The van der Waals surface area contributed by atoms with E-state index in [0.717, 1.165) is 36.0 Å². The van der Waals surface area contributed by atoms with Crippen molar-refractivity contribution in [3.05, 3.63) is 58.7 Å². The van der Waals surface area contributed by atoms with Gasteiger partial charge in [0.1, 0.15) is 0 Å². The van der Waals surface area contributed by atoms with E-state index >= 15 is 0 Å². The van der Waals surface area contributed by atoms with Crippen LogP contribution < -0.4 is 4.31 Å². The fourth-order valence-corrected chi connectivity index (χ4v) is 4.70. The molecule has 0 atom stereocenters. The van der Waals surface area contributed by atoms with Gasteiger partial charge in [-0.2, -0.15) is 5.26 Å². The van der Waals surface area contributed by atoms with Crippen molar-refractivity contribution < 1.29 is 8.42 Å². The van der Waals surface area contributed by atoms with E-state index in [1.54, 1.807) is 12.1 Å². The van der Waals surface area contributed by atoms with Gasteiger partial charge in [0.2, 0.25) is 0 Å². The number of rotatable bonds is 2. The molecule has 124 valence electrons. The Labute approximate surface area is 143 Å². The van der Waals surface area contributed by atoms with E-state index < -0.39 is 10.0 Å². The van der Waals surface area contributed by atoms with E-state index in [2.05, 4.69) is 6.07 Å². The lowest BCUT2D eigenvalue weighted by atomic mass is 9.98. The van der Waals surface area contributed by atoms with Crippen LogP contribution in [0.4, 0.5) is 5.69 Å². The van der Waals surface area contributed by atoms with Crippen molar-refractivity contribution in [2.45, 2.75) is 38.0 Å². The number of aryl methyl sites for hydroxylation is 2. The predicted octanol–water partition coefficient (Wildman–Crippen LogP) is 3.71. The zero-order valence-electron chi connectivity index (χ0n) is 13.9. The predicted molar refractivity (Wildman–Crippen MR) is 94.5 cm³/mol. The smallest absolute Gasteiger partial charge is 0.264 e. The maximum atomic E-state index is 13.1. The summed E-state index contributed by atoms with van der Waals surface area (Å²) in [7, 11) is -3.63. The third-order valence-electron chi connectivity index (χ3n) is 4.52. The molecule has 0 unspecified atom stereocenters. The van der Waals surface area contributed by atoms with E-state index in [1.165, 1.54) is 4.31 Å². The average molecular weight is 340 g/mol. The van der Waals surface area contributed by atoms with E-state index in [1.807, 2.05) is 38.1 Å². The largest absolute Gasteiger partial charge is 0.266 e. The van der Waals surface area contributed by atoms with E-state index in [-0.39, 0.29) is 0 Å². The first-order valence-electron chi connectivity index (χ1n) is 8.07. The van der Waals surface area contributed by atoms with Crippen LogP contribution in [0.5, 0.6) is 0 Å². The number of hydrogen-bond donors (Lipinski definition) is 0. The molecule has 5 heteroatoms. The zero-order valence-corrected chi connectivity index (χ0v) is 14.7. The highest BCUT2D eigenvalue weighted by Crippen LogP contribution is 2.34. The molecule has 1 aliphatic heterocycles. The molecule has 4 nitrogen and oxygen atoms in total. The molecular weight excluding hydrogens is 320 g/mol. The maximum absolute atomic E-state index is 13.1. The highest BCUT2D eigenvalue weighted by atomic mass is 32.2. The minimum Gasteiger partial charge on any atom is -0.266 e. The van der Waals surface area contributed by atoms with Crippen molar-refractivity contribution in [1.29, 1.82) is 5.26 Å². The maximum Gasteiger partial charge on any atom is 0.264 e. The fraction of sp³-hybridized carbons (Fsp3) is 0.316. The van der Waals surface area contributed by atoms with Gasteiger partial charge < -0.3 is 0 Å². The summed E-state index contributed by atoms with van der Waals surface area (Å²) < 4.78 is 27.8. The Morgan fingerprint density at radius 3 is 2.42 bits per heavy atom. The lowest BCUT2D eigenvalue weighted by Gasteiger charge is -2.25. The Morgan fingerprint density at radius 1 is 1.04 bits per heavy atom. The fourth-order valence-electron chi connectivity index (χ4n) is 3.16. The van der Waals surface area contributed by atoms with Gasteiger partial charge in [-0.15, -0.1) is 0 Å². The third kappa shape index (κ3) is 2.78. The zero-order chi connectivity index (χ0) is 17.3. The summed E-state index contributed by atoms with van der Waals surface area (Å²) in [4.78, 5) is 0.292. The molecule has 0 saturated heterocycles. The second-order valence-electron chi connectivity index (χ2n) is 6.21. The number of nitrogens with zero attached hydrogens (tertiary/aromatic N) is 2. The van der Waals surface area contributed by atoms with Crippen LogP contribution in [0, 0.1) is 25.2 Å². The molecule has 0 bridgehead atoms. The Hall–Kier alpha value is -2.32. The first kappa shape index (κ1) is 16.5. The van der Waals surface area contributed by atoms with Crippen LogP contribution in [0.15, 0.2) is 41.3 Å². The number of anilines is 1. The molecule has 3 rings (SSSR count). The normalized spacial score (nSPS) is 14.6. The minimum absolute atomic E-state index is 0.292. The molecule has 24 heavy (non-hydrogen) atoms. The molecule has 1 heterocycles. The molecule has 0 aliphatic carbocycles. The molecular formula is C19H20N2O2S. The van der Waals surface area contributed by atoms with Gasteiger partial charge in [0.05, 0.1) is 22.2 Å². The van der Waals surface area contributed by atoms with Gasteiger partial charge >= 0.3 is 0 Å². The highest BCUT2D eigenvalue weighted by Gasteiger charge is 2.29. The van der Waals surface area contributed by atoms with Crippen molar-refractivity contribution in [3.8, 4) is 6.07 Å². The second-order valence-corrected chi connectivity index (χ2v) is 8.08. The van der Waals surface area contributed by atoms with Gasteiger partial charge in [0, 0.05) is 6.54 Å². The van der Waals surface area contributed by atoms with Crippen LogP contribution in [0.25, 0.3) is 0 Å². The van der Waals surface area contributed by atoms with Gasteiger partial charge in [-0.3, -0.25) is 4.31 Å². The van der Waals surface area contributed by atoms with Crippen molar-refractivity contribution >= 4 is 15.7 Å². The lowest BCUT2D eigenvalue weighted by Crippen LogP contribution is -2.32. The molecule has 0 N–H and O–H groups in total. The highest BCUT2D eigenvalue weighted by molar-refractivity contribution is 7.92. The average Bonchev–Trinajstić information content (AvgIpc) is 2.78. The number of sulfonamides is 1. The third-order valence-corrected chi connectivity index (χ3v) is 6.35. The first-order chi connectivity index (χ1) is 11.4. The van der Waals surface area contributed by atoms with Gasteiger partial charge in [-0.25, -0.2) is 8.42 Å². The Morgan fingerprint density at radius 2 is 1.75 bits per heavy atom. The minimum atomic E-state index is -3.63. The quantitative estimate of drug-likeness (QED) is 0.837. The first-order valence-corrected chi connectivity index (χ1v) is 9.51. The van der Waals surface area contributed by atoms with E-state index in [0.29, 0.717) is 22.7 Å². The van der Waals surface area contributed by atoms with Gasteiger partial charge in [0.25, 0.3) is 10.0 Å². The number of nitriles is 1. The molecule has 0 amide bonds. The number of fused-ring (bicyclic) bond motifs is 1. The summed E-state index contributed by atoms with van der Waals surface area (Å²) in [6.07, 6.45) is 2.40. The Balaban J connectivity index is 2.17. The topological polar surface area (TPSA) is 61.2 Å². The molecule has 1 aliphatic rings. The standard InChI is InChI=1S/C19H20N2O2S/c1-14-6-9-16(10-7-14)24(22,23)21-12-4-3-5-17-18(13-20)15(2)8-11-19(17)21/h6-11H,3-5,12H2,1-2H3. The van der Waals surface area contributed by atoms with Crippen LogP contribution >= 0.6 is 0 Å². The van der Waals surface area contributed by atoms with Crippen molar-refractivity contribution in [2.75, 3.05) is 10.8 Å². The Bertz CT molecular complexity index is 910. The van der Waals surface area contributed by atoms with Crippen molar-refractivity contribution in [3.63, 3.8) is 0 Å². The van der Waals surface area contributed by atoms with Crippen LogP contribution in [0.1, 0.15) is 35.1 Å². The summed E-state index contributed by atoms with van der Waals surface area (Å²) >= 11 is 0. The summed E-state index contributed by atoms with van der Waals surface area (Å²) in [5, 5.41) is 9.48. The summed E-state index contributed by atoms with van der Waals surface area (Å²) in [6, 6.07) is 12.8. The molecule has 0 fully saturated rings. The molecule has 0 saturated carbocycles. The van der Waals surface area contributed by atoms with Crippen LogP contribution in [-0.4, -0.2) is 15.0 Å². The lowest BCUT2D eigenvalue weighted by molar-refractivity contribution is 0.589. The van der Waals surface area contributed by atoms with Gasteiger partial charge in [-0.05, 0) is 62.4 Å². The molecule has 2 aromatic carbocycles. The second kappa shape index (κ2) is 6.29. The summed E-state index contributed by atoms with van der Waals surface area (Å²) in [6.45, 7) is 4.26. The molecule has 0 spiro atoms. The number of hydrogen-bond acceptors (Lipinski definition) is 3. The monoisotopic (exact) mass is 340 g/mol. The van der Waals surface area contributed by atoms with Crippen LogP contribution in [0.3, 0.4) is 0 Å². The van der Waals surface area contributed by atoms with Crippen molar-refractivity contribution in [1.82, 2.24) is 0 Å². The van der Waals surface area contributed by atoms with Gasteiger partial charge in [-0.1, -0.05) is 23.8 Å². The Kier molecular flexibility index (Phi) is 4.33. The van der Waals surface area contributed by atoms with E-state index in [9.17, 15) is 13.7 Å². The van der Waals surface area contributed by atoms with E-state index in [4.69, 9.17) is 0 Å². The summed E-state index contributed by atoms with van der Waals surface area (Å²) in [5.74, 6) is 0. The molecule has 2 aromatic rings.